The van der Waals surface area contributed by atoms with Crippen LogP contribution >= 0.6 is 12.2 Å². The molecule has 0 saturated heterocycles. The molecule has 0 spiro atoms. The Morgan fingerprint density at radius 1 is 1.43 bits per heavy atom. The number of sulfonamides is 1. The first-order valence-electron chi connectivity index (χ1n) is 6.30. The molecule has 1 aromatic heterocycles. The maximum atomic E-state index is 12.2. The van der Waals surface area contributed by atoms with E-state index in [1.807, 2.05) is 0 Å². The molecule has 1 aromatic rings. The molecule has 0 unspecified atom stereocenters. The molecule has 118 valence electrons. The van der Waals surface area contributed by atoms with Gasteiger partial charge in [0.15, 0.2) is 0 Å². The van der Waals surface area contributed by atoms with Crippen molar-refractivity contribution in [2.75, 3.05) is 33.5 Å². The van der Waals surface area contributed by atoms with Gasteiger partial charge < -0.3 is 15.2 Å². The SMILES string of the molecule is COCCOCCCNS(=O)(=O)c1cccnc1C(N)=S. The second-order valence-corrected chi connectivity index (χ2v) is 6.25. The first kappa shape index (κ1) is 17.9. The Bertz CT molecular complexity index is 563. The van der Waals surface area contributed by atoms with Crippen molar-refractivity contribution >= 4 is 27.2 Å². The van der Waals surface area contributed by atoms with Gasteiger partial charge in [-0.05, 0) is 18.6 Å². The number of hydrogen-bond acceptors (Lipinski definition) is 6. The molecule has 1 heterocycles. The van der Waals surface area contributed by atoms with Crippen LogP contribution in [0.3, 0.4) is 0 Å². The fourth-order valence-corrected chi connectivity index (χ4v) is 2.97. The zero-order valence-corrected chi connectivity index (χ0v) is 13.4. The molecule has 1 rings (SSSR count). The van der Waals surface area contributed by atoms with Gasteiger partial charge in [-0.15, -0.1) is 0 Å². The Hall–Kier alpha value is -1.13. The number of nitrogens with one attached hydrogen (secondary N) is 1. The average molecular weight is 333 g/mol. The van der Waals surface area contributed by atoms with Gasteiger partial charge in [0.05, 0.1) is 13.2 Å². The first-order chi connectivity index (χ1) is 9.99. The minimum Gasteiger partial charge on any atom is -0.388 e. The Morgan fingerprint density at radius 2 is 2.19 bits per heavy atom. The molecule has 0 aliphatic heterocycles. The van der Waals surface area contributed by atoms with Crippen molar-refractivity contribution in [3.63, 3.8) is 0 Å². The average Bonchev–Trinajstić information content (AvgIpc) is 2.46. The largest absolute Gasteiger partial charge is 0.388 e. The molecular formula is C12H19N3O4S2. The number of aromatic nitrogens is 1. The van der Waals surface area contributed by atoms with E-state index in [2.05, 4.69) is 9.71 Å². The molecule has 3 N–H and O–H groups in total. The van der Waals surface area contributed by atoms with Crippen LogP contribution in [0.2, 0.25) is 0 Å². The van der Waals surface area contributed by atoms with Crippen molar-refractivity contribution in [1.29, 1.82) is 0 Å². The van der Waals surface area contributed by atoms with Gasteiger partial charge >= 0.3 is 0 Å². The van der Waals surface area contributed by atoms with E-state index in [9.17, 15) is 8.42 Å². The van der Waals surface area contributed by atoms with Gasteiger partial charge in [-0.25, -0.2) is 13.1 Å². The third-order valence-corrected chi connectivity index (χ3v) is 4.17. The minimum atomic E-state index is -3.69. The monoisotopic (exact) mass is 333 g/mol. The number of methoxy groups -OCH3 is 1. The van der Waals surface area contributed by atoms with E-state index in [0.29, 0.717) is 26.2 Å². The minimum absolute atomic E-state index is 0.0159. The van der Waals surface area contributed by atoms with Gasteiger partial charge in [0.2, 0.25) is 10.0 Å². The Labute approximate surface area is 129 Å². The molecular weight excluding hydrogens is 314 g/mol. The lowest BCUT2D eigenvalue weighted by atomic mass is 10.3. The normalized spacial score (nSPS) is 11.5. The van der Waals surface area contributed by atoms with E-state index in [0.717, 1.165) is 0 Å². The lowest BCUT2D eigenvalue weighted by Crippen LogP contribution is -2.28. The van der Waals surface area contributed by atoms with Gasteiger partial charge in [-0.3, -0.25) is 4.98 Å². The van der Waals surface area contributed by atoms with E-state index < -0.39 is 10.0 Å². The molecule has 21 heavy (non-hydrogen) atoms. The van der Waals surface area contributed by atoms with Crippen LogP contribution in [0.15, 0.2) is 23.2 Å². The van der Waals surface area contributed by atoms with Crippen LogP contribution in [0.5, 0.6) is 0 Å². The summed E-state index contributed by atoms with van der Waals surface area (Å²) < 4.78 is 36.9. The maximum Gasteiger partial charge on any atom is 0.242 e. The maximum absolute atomic E-state index is 12.2. The first-order valence-corrected chi connectivity index (χ1v) is 8.19. The summed E-state index contributed by atoms with van der Waals surface area (Å²) in [5.41, 5.74) is 5.57. The summed E-state index contributed by atoms with van der Waals surface area (Å²) in [5, 5.41) is 0. The zero-order valence-electron chi connectivity index (χ0n) is 11.7. The van der Waals surface area contributed by atoms with Crippen molar-refractivity contribution < 1.29 is 17.9 Å². The third-order valence-electron chi connectivity index (χ3n) is 2.48. The van der Waals surface area contributed by atoms with Crippen molar-refractivity contribution in [1.82, 2.24) is 9.71 Å². The van der Waals surface area contributed by atoms with E-state index in [1.54, 1.807) is 7.11 Å². The van der Waals surface area contributed by atoms with Crippen molar-refractivity contribution in [3.8, 4) is 0 Å². The fraction of sp³-hybridized carbons (Fsp3) is 0.500. The number of nitrogens with two attached hydrogens (primary N) is 1. The highest BCUT2D eigenvalue weighted by Crippen LogP contribution is 2.12. The van der Waals surface area contributed by atoms with E-state index >= 15 is 0 Å². The zero-order chi connectivity index (χ0) is 15.7. The van der Waals surface area contributed by atoms with Crippen molar-refractivity contribution in [2.45, 2.75) is 11.3 Å². The quantitative estimate of drug-likeness (QED) is 0.460. The third kappa shape index (κ3) is 6.02. The van der Waals surface area contributed by atoms with Gasteiger partial charge in [-0.2, -0.15) is 0 Å². The second-order valence-electron chi connectivity index (χ2n) is 4.07. The molecule has 0 aliphatic rings. The highest BCUT2D eigenvalue weighted by atomic mass is 32.2. The standard InChI is InChI=1S/C12H19N3O4S2/c1-18-8-9-19-7-3-6-15-21(16,17)10-4-2-5-14-11(10)12(13)20/h2,4-5,15H,3,6-9H2,1H3,(H2,13,20). The molecule has 9 heteroatoms. The van der Waals surface area contributed by atoms with Crippen LogP contribution in [0.25, 0.3) is 0 Å². The topological polar surface area (TPSA) is 104 Å². The highest BCUT2D eigenvalue weighted by Gasteiger charge is 2.19. The number of ether oxygens (including phenoxy) is 2. The molecule has 0 atom stereocenters. The Balaban J connectivity index is 2.53. The molecule has 0 fully saturated rings. The van der Waals surface area contributed by atoms with Crippen LogP contribution in [0.4, 0.5) is 0 Å². The predicted octanol–water partition coefficient (Wildman–Crippen LogP) is 0.0472. The fourth-order valence-electron chi connectivity index (χ4n) is 1.50. The van der Waals surface area contributed by atoms with E-state index in [1.165, 1.54) is 18.3 Å². The summed E-state index contributed by atoms with van der Waals surface area (Å²) >= 11 is 4.80. The van der Waals surface area contributed by atoms with Crippen molar-refractivity contribution in [2.24, 2.45) is 5.73 Å². The van der Waals surface area contributed by atoms with Crippen LogP contribution in [0, 0.1) is 0 Å². The van der Waals surface area contributed by atoms with Crippen LogP contribution < -0.4 is 10.5 Å². The smallest absolute Gasteiger partial charge is 0.242 e. The van der Waals surface area contributed by atoms with Gasteiger partial charge in [-0.1, -0.05) is 12.2 Å². The van der Waals surface area contributed by atoms with E-state index in [4.69, 9.17) is 27.4 Å². The van der Waals surface area contributed by atoms with Crippen molar-refractivity contribution in [3.05, 3.63) is 24.0 Å². The molecule has 0 aliphatic carbocycles. The second kappa shape index (κ2) is 9.00. The van der Waals surface area contributed by atoms with Gasteiger partial charge in [0.25, 0.3) is 0 Å². The lowest BCUT2D eigenvalue weighted by Gasteiger charge is -2.10. The molecule has 0 radical (unpaired) electrons. The lowest BCUT2D eigenvalue weighted by molar-refractivity contribution is 0.0699. The number of pyridine rings is 1. The molecule has 0 bridgehead atoms. The number of hydrogen-bond donors (Lipinski definition) is 2. The van der Waals surface area contributed by atoms with Crippen LogP contribution in [-0.2, 0) is 19.5 Å². The summed E-state index contributed by atoms with van der Waals surface area (Å²) in [7, 11) is -2.11. The van der Waals surface area contributed by atoms with Gasteiger partial charge in [0, 0.05) is 26.5 Å². The predicted molar refractivity (Wildman–Crippen MR) is 82.6 cm³/mol. The summed E-state index contributed by atoms with van der Waals surface area (Å²) in [4.78, 5) is 3.83. The molecule has 7 nitrogen and oxygen atoms in total. The van der Waals surface area contributed by atoms with Crippen LogP contribution in [0.1, 0.15) is 12.1 Å². The van der Waals surface area contributed by atoms with Gasteiger partial charge in [0.1, 0.15) is 15.6 Å². The Kier molecular flexibility index (Phi) is 7.68. The molecule has 0 amide bonds. The van der Waals surface area contributed by atoms with E-state index in [-0.39, 0.29) is 22.1 Å². The number of nitrogens with zero attached hydrogens (tertiary/aromatic N) is 1. The number of rotatable bonds is 10. The highest BCUT2D eigenvalue weighted by molar-refractivity contribution is 7.89. The van der Waals surface area contributed by atoms with Crippen LogP contribution in [-0.4, -0.2) is 51.9 Å². The molecule has 0 saturated carbocycles. The number of thiocarbonyl (C=S) groups is 1. The summed E-state index contributed by atoms with van der Waals surface area (Å²) in [5.74, 6) is 0. The molecule has 0 aromatic carbocycles. The summed E-state index contributed by atoms with van der Waals surface area (Å²) in [6, 6.07) is 2.93. The Morgan fingerprint density at radius 3 is 2.86 bits per heavy atom. The summed E-state index contributed by atoms with van der Waals surface area (Å²) in [6.07, 6.45) is 1.99. The summed E-state index contributed by atoms with van der Waals surface area (Å²) in [6.45, 7) is 1.69.